The second-order valence-electron chi connectivity index (χ2n) is 5.40. The summed E-state index contributed by atoms with van der Waals surface area (Å²) in [4.78, 5) is 11.9. The van der Waals surface area contributed by atoms with Gasteiger partial charge in [0.25, 0.3) is 0 Å². The molecule has 2 atom stereocenters. The third kappa shape index (κ3) is 3.97. The number of methoxy groups -OCH3 is 1. The van der Waals surface area contributed by atoms with Crippen LogP contribution >= 0.6 is 0 Å². The molecule has 1 amide bonds. The fourth-order valence-corrected chi connectivity index (χ4v) is 2.54. The zero-order valence-corrected chi connectivity index (χ0v) is 12.3. The van der Waals surface area contributed by atoms with Gasteiger partial charge in [0, 0.05) is 6.54 Å². The van der Waals surface area contributed by atoms with Crippen molar-refractivity contribution in [1.29, 1.82) is 0 Å². The molecule has 1 aromatic carbocycles. The second kappa shape index (κ2) is 7.29. The molecular weight excluding hydrogens is 252 g/mol. The van der Waals surface area contributed by atoms with Gasteiger partial charge < -0.3 is 15.4 Å². The fraction of sp³-hybridized carbons (Fsp3) is 0.562. The summed E-state index contributed by atoms with van der Waals surface area (Å²) in [6, 6.07) is 8.15. The largest absolute Gasteiger partial charge is 0.497 e. The van der Waals surface area contributed by atoms with Gasteiger partial charge in [0.05, 0.1) is 13.2 Å². The van der Waals surface area contributed by atoms with Crippen molar-refractivity contribution in [1.82, 2.24) is 10.6 Å². The lowest BCUT2D eigenvalue weighted by atomic mass is 9.98. The summed E-state index contributed by atoms with van der Waals surface area (Å²) in [5.41, 5.74) is 1.28. The first-order valence-electron chi connectivity index (χ1n) is 7.35. The Hall–Kier alpha value is -1.55. The average molecular weight is 276 g/mol. The average Bonchev–Trinajstić information content (AvgIpc) is 3.01. The van der Waals surface area contributed by atoms with Crippen LogP contribution in [0, 0.1) is 0 Å². The standard InChI is InChI=1S/C16H24N2O2/c1-12(13-5-7-14(20-2)8-6-13)9-11-18-16(19)15-4-3-10-17-15/h5-8,12,15,17H,3-4,9-11H2,1-2H3,(H,18,19). The molecule has 0 saturated carbocycles. The molecule has 2 rings (SSSR count). The second-order valence-corrected chi connectivity index (χ2v) is 5.40. The van der Waals surface area contributed by atoms with Crippen LogP contribution in [0.3, 0.4) is 0 Å². The smallest absolute Gasteiger partial charge is 0.237 e. The first kappa shape index (κ1) is 14.9. The van der Waals surface area contributed by atoms with Crippen LogP contribution in [0.4, 0.5) is 0 Å². The number of amides is 1. The Morgan fingerprint density at radius 2 is 2.20 bits per heavy atom. The number of benzene rings is 1. The maximum absolute atomic E-state index is 11.9. The van der Waals surface area contributed by atoms with Gasteiger partial charge in [-0.1, -0.05) is 19.1 Å². The molecule has 4 heteroatoms. The normalized spacial score (nSPS) is 19.6. The van der Waals surface area contributed by atoms with Gasteiger partial charge in [0.15, 0.2) is 0 Å². The van der Waals surface area contributed by atoms with E-state index < -0.39 is 0 Å². The van der Waals surface area contributed by atoms with Gasteiger partial charge in [-0.3, -0.25) is 4.79 Å². The van der Waals surface area contributed by atoms with Gasteiger partial charge in [0.1, 0.15) is 5.75 Å². The van der Waals surface area contributed by atoms with E-state index in [1.807, 2.05) is 12.1 Å². The molecule has 1 saturated heterocycles. The summed E-state index contributed by atoms with van der Waals surface area (Å²) < 4.78 is 5.15. The van der Waals surface area contributed by atoms with Gasteiger partial charge in [-0.15, -0.1) is 0 Å². The van der Waals surface area contributed by atoms with Crippen LogP contribution in [-0.2, 0) is 4.79 Å². The summed E-state index contributed by atoms with van der Waals surface area (Å²) in [5.74, 6) is 1.45. The van der Waals surface area contributed by atoms with E-state index in [1.54, 1.807) is 7.11 Å². The van der Waals surface area contributed by atoms with Gasteiger partial charge in [-0.2, -0.15) is 0 Å². The number of rotatable bonds is 6. The maximum atomic E-state index is 11.9. The minimum atomic E-state index is 0.0197. The molecule has 1 aliphatic rings. The van der Waals surface area contributed by atoms with E-state index in [-0.39, 0.29) is 11.9 Å². The van der Waals surface area contributed by atoms with E-state index in [0.717, 1.165) is 38.1 Å². The van der Waals surface area contributed by atoms with Crippen LogP contribution in [-0.4, -0.2) is 32.1 Å². The molecule has 4 nitrogen and oxygen atoms in total. The molecule has 0 radical (unpaired) electrons. The minimum absolute atomic E-state index is 0.0197. The molecule has 1 aliphatic heterocycles. The van der Waals surface area contributed by atoms with E-state index in [0.29, 0.717) is 5.92 Å². The van der Waals surface area contributed by atoms with Gasteiger partial charge in [-0.25, -0.2) is 0 Å². The number of nitrogens with one attached hydrogen (secondary N) is 2. The number of ether oxygens (including phenoxy) is 1. The minimum Gasteiger partial charge on any atom is -0.497 e. The third-order valence-corrected chi connectivity index (χ3v) is 3.94. The highest BCUT2D eigenvalue weighted by molar-refractivity contribution is 5.81. The van der Waals surface area contributed by atoms with E-state index in [2.05, 4.69) is 29.7 Å². The van der Waals surface area contributed by atoms with Crippen LogP contribution in [0.1, 0.15) is 37.7 Å². The maximum Gasteiger partial charge on any atom is 0.237 e. The number of carbonyl (C=O) groups is 1. The lowest BCUT2D eigenvalue weighted by Gasteiger charge is -2.15. The number of hydrogen-bond donors (Lipinski definition) is 2. The Bertz CT molecular complexity index is 425. The molecule has 2 unspecified atom stereocenters. The zero-order chi connectivity index (χ0) is 14.4. The van der Waals surface area contributed by atoms with Gasteiger partial charge in [-0.05, 0) is 49.4 Å². The molecule has 1 fully saturated rings. The van der Waals surface area contributed by atoms with E-state index in [4.69, 9.17) is 4.74 Å². The first-order valence-corrected chi connectivity index (χ1v) is 7.35. The van der Waals surface area contributed by atoms with Crippen molar-refractivity contribution in [2.45, 2.75) is 38.1 Å². The van der Waals surface area contributed by atoms with Crippen LogP contribution < -0.4 is 15.4 Å². The molecular formula is C16H24N2O2. The highest BCUT2D eigenvalue weighted by atomic mass is 16.5. The predicted octanol–water partition coefficient (Wildman–Crippen LogP) is 2.06. The van der Waals surface area contributed by atoms with Crippen LogP contribution in [0.15, 0.2) is 24.3 Å². The molecule has 1 heterocycles. The Labute approximate surface area is 120 Å². The fourth-order valence-electron chi connectivity index (χ4n) is 2.54. The van der Waals surface area contributed by atoms with Gasteiger partial charge in [0.2, 0.25) is 5.91 Å². The predicted molar refractivity (Wildman–Crippen MR) is 80.1 cm³/mol. The van der Waals surface area contributed by atoms with Crippen molar-refractivity contribution >= 4 is 5.91 Å². The van der Waals surface area contributed by atoms with Crippen LogP contribution in [0.25, 0.3) is 0 Å². The van der Waals surface area contributed by atoms with Crippen molar-refractivity contribution < 1.29 is 9.53 Å². The molecule has 0 aromatic heterocycles. The number of hydrogen-bond acceptors (Lipinski definition) is 3. The van der Waals surface area contributed by atoms with Crippen LogP contribution in [0.5, 0.6) is 5.75 Å². The van der Waals surface area contributed by atoms with E-state index in [9.17, 15) is 4.79 Å². The zero-order valence-electron chi connectivity index (χ0n) is 12.3. The molecule has 20 heavy (non-hydrogen) atoms. The quantitative estimate of drug-likeness (QED) is 0.836. The highest BCUT2D eigenvalue weighted by Crippen LogP contribution is 2.21. The molecule has 0 spiro atoms. The summed E-state index contributed by atoms with van der Waals surface area (Å²) >= 11 is 0. The molecule has 110 valence electrons. The SMILES string of the molecule is COc1ccc(C(C)CCNC(=O)C2CCCN2)cc1. The van der Waals surface area contributed by atoms with E-state index >= 15 is 0 Å². The molecule has 0 bridgehead atoms. The lowest BCUT2D eigenvalue weighted by Crippen LogP contribution is -2.40. The van der Waals surface area contributed by atoms with Crippen molar-refractivity contribution in [2.24, 2.45) is 0 Å². The number of carbonyl (C=O) groups excluding carboxylic acids is 1. The summed E-state index contributed by atoms with van der Waals surface area (Å²) in [6.07, 6.45) is 3.00. The topological polar surface area (TPSA) is 50.4 Å². The summed E-state index contributed by atoms with van der Waals surface area (Å²) in [7, 11) is 1.67. The monoisotopic (exact) mass is 276 g/mol. The van der Waals surface area contributed by atoms with Crippen molar-refractivity contribution in [2.75, 3.05) is 20.2 Å². The lowest BCUT2D eigenvalue weighted by molar-refractivity contribution is -0.122. The Kier molecular flexibility index (Phi) is 5.41. The first-order chi connectivity index (χ1) is 9.70. The van der Waals surface area contributed by atoms with E-state index in [1.165, 1.54) is 5.56 Å². The molecule has 2 N–H and O–H groups in total. The van der Waals surface area contributed by atoms with Crippen molar-refractivity contribution in [3.05, 3.63) is 29.8 Å². The summed E-state index contributed by atoms with van der Waals surface area (Å²) in [5, 5.41) is 6.23. The third-order valence-electron chi connectivity index (χ3n) is 3.94. The molecule has 0 aliphatic carbocycles. The summed E-state index contributed by atoms with van der Waals surface area (Å²) in [6.45, 7) is 3.87. The van der Waals surface area contributed by atoms with Crippen LogP contribution in [0.2, 0.25) is 0 Å². The Morgan fingerprint density at radius 3 is 2.80 bits per heavy atom. The highest BCUT2D eigenvalue weighted by Gasteiger charge is 2.21. The van der Waals surface area contributed by atoms with Crippen molar-refractivity contribution in [3.8, 4) is 5.75 Å². The Balaban J connectivity index is 1.73. The molecule has 1 aromatic rings. The van der Waals surface area contributed by atoms with Gasteiger partial charge >= 0.3 is 0 Å². The van der Waals surface area contributed by atoms with Crippen molar-refractivity contribution in [3.63, 3.8) is 0 Å². The Morgan fingerprint density at radius 1 is 1.45 bits per heavy atom.